The second kappa shape index (κ2) is 11.2. The monoisotopic (exact) mass is 648 g/mol. The zero-order chi connectivity index (χ0) is 29.5. The number of benzene rings is 3. The molecule has 0 aliphatic carbocycles. The fourth-order valence-corrected chi connectivity index (χ4v) is 7.91. The van der Waals surface area contributed by atoms with E-state index in [-0.39, 0.29) is 4.90 Å². The van der Waals surface area contributed by atoms with Crippen LogP contribution in [-0.2, 0) is 27.9 Å². The van der Waals surface area contributed by atoms with Gasteiger partial charge in [0.05, 0.1) is 33.1 Å². The zero-order valence-corrected chi connectivity index (χ0v) is 27.3. The van der Waals surface area contributed by atoms with Gasteiger partial charge in [-0.05, 0) is 89.4 Å². The van der Waals surface area contributed by atoms with E-state index in [1.54, 1.807) is 36.5 Å². The van der Waals surface area contributed by atoms with Crippen LogP contribution in [0.3, 0.4) is 0 Å². The summed E-state index contributed by atoms with van der Waals surface area (Å²) in [5.74, 6) is 0.795. The van der Waals surface area contributed by atoms with Gasteiger partial charge in [0.25, 0.3) is 10.0 Å². The van der Waals surface area contributed by atoms with Crippen LogP contribution >= 0.6 is 15.9 Å². The van der Waals surface area contributed by atoms with Gasteiger partial charge in [-0.25, -0.2) is 17.4 Å². The van der Waals surface area contributed by atoms with Crippen molar-refractivity contribution in [2.75, 3.05) is 6.61 Å². The van der Waals surface area contributed by atoms with E-state index in [0.717, 1.165) is 45.0 Å². The van der Waals surface area contributed by atoms with E-state index in [0.29, 0.717) is 35.3 Å². The molecule has 0 saturated heterocycles. The number of halogens is 1. The predicted molar refractivity (Wildman–Crippen MR) is 169 cm³/mol. The predicted octanol–water partition coefficient (Wildman–Crippen LogP) is 7.38. The molecule has 0 saturated carbocycles. The Morgan fingerprint density at radius 1 is 1.05 bits per heavy atom. The molecule has 5 aromatic rings. The van der Waals surface area contributed by atoms with Crippen molar-refractivity contribution < 1.29 is 13.2 Å². The molecule has 0 spiro atoms. The molecule has 2 heterocycles. The summed E-state index contributed by atoms with van der Waals surface area (Å²) < 4.78 is 37.6. The van der Waals surface area contributed by atoms with Crippen LogP contribution in [0.25, 0.3) is 21.9 Å². The van der Waals surface area contributed by atoms with Gasteiger partial charge < -0.3 is 9.30 Å². The van der Waals surface area contributed by atoms with Crippen LogP contribution in [0.1, 0.15) is 28.1 Å². The highest BCUT2D eigenvalue weighted by molar-refractivity contribution is 9.10. The van der Waals surface area contributed by atoms with Gasteiger partial charge in [-0.15, -0.1) is 0 Å². The van der Waals surface area contributed by atoms with E-state index in [1.807, 2.05) is 42.7 Å². The fourth-order valence-electron chi connectivity index (χ4n) is 4.92. The zero-order valence-electron chi connectivity index (χ0n) is 23.9. The molecule has 10 heteroatoms. The Morgan fingerprint density at radius 2 is 1.78 bits per heavy atom. The highest BCUT2D eigenvalue weighted by Gasteiger charge is 2.23. The average Bonchev–Trinajstić information content (AvgIpc) is 3.51. The molecular weight excluding hydrogens is 616 g/mol. The molecule has 0 unspecified atom stereocenters. The number of fused-ring (bicyclic) bond motifs is 2. The average molecular weight is 650 g/mol. The Hall–Kier alpha value is -3.23. The highest BCUT2D eigenvalue weighted by Crippen LogP contribution is 2.35. The topological polar surface area (TPSA) is 89.9 Å². The van der Waals surface area contributed by atoms with Gasteiger partial charge in [-0.1, -0.05) is 37.3 Å². The number of hydrogen-bond donors (Lipinski definition) is 0. The van der Waals surface area contributed by atoms with E-state index in [1.165, 1.54) is 3.97 Å². The number of rotatable bonds is 9. The van der Waals surface area contributed by atoms with Crippen molar-refractivity contribution in [1.29, 1.82) is 5.26 Å². The minimum atomic E-state index is -3.81. The molecule has 0 aliphatic rings. The van der Waals surface area contributed by atoms with Crippen LogP contribution in [0.15, 0.2) is 70.2 Å². The van der Waals surface area contributed by atoms with Crippen LogP contribution in [-0.4, -0.2) is 36.6 Å². The lowest BCUT2D eigenvalue weighted by Gasteiger charge is -2.17. The van der Waals surface area contributed by atoms with Crippen LogP contribution in [0.5, 0.6) is 0 Å². The number of imidazole rings is 1. The molecule has 0 N–H and O–H groups in total. The third kappa shape index (κ3) is 5.90. The van der Waals surface area contributed by atoms with Gasteiger partial charge in [0.2, 0.25) is 0 Å². The fraction of sp³-hybridized carbons (Fsp3) is 0.290. The summed E-state index contributed by atoms with van der Waals surface area (Å²) in [6, 6.07) is 19.5. The van der Waals surface area contributed by atoms with E-state index >= 15 is 0 Å². The molecule has 0 amide bonds. The summed E-state index contributed by atoms with van der Waals surface area (Å²) in [7, 11) is -5.06. The molecule has 0 aliphatic heterocycles. The summed E-state index contributed by atoms with van der Waals surface area (Å²) in [6.45, 7) is 11.9. The summed E-state index contributed by atoms with van der Waals surface area (Å²) in [5.41, 5.74) is 5.79. The Kier molecular flexibility index (Phi) is 8.00. The first-order valence-electron chi connectivity index (χ1n) is 13.5. The molecular formula is C31H33BrN4O3SSi. The summed E-state index contributed by atoms with van der Waals surface area (Å²) >= 11 is 3.64. The van der Waals surface area contributed by atoms with Crippen molar-refractivity contribution >= 4 is 56.0 Å². The Bertz CT molecular complexity index is 1910. The summed E-state index contributed by atoms with van der Waals surface area (Å²) in [4.78, 5) is 5.17. The number of aromatic nitrogens is 3. The number of ether oxygens (including phenoxy) is 1. The molecule has 3 aromatic carbocycles. The molecule has 41 heavy (non-hydrogen) atoms. The van der Waals surface area contributed by atoms with Gasteiger partial charge in [0.15, 0.2) is 0 Å². The molecule has 7 nitrogen and oxygen atoms in total. The minimum Gasteiger partial charge on any atom is -0.361 e. The second-order valence-electron chi connectivity index (χ2n) is 11.6. The molecule has 0 radical (unpaired) electrons. The van der Waals surface area contributed by atoms with E-state index < -0.39 is 18.1 Å². The lowest BCUT2D eigenvalue weighted by molar-refractivity contribution is 0.0881. The largest absolute Gasteiger partial charge is 0.361 e. The third-order valence-electron chi connectivity index (χ3n) is 7.31. The summed E-state index contributed by atoms with van der Waals surface area (Å²) in [6.07, 6.45) is 2.09. The van der Waals surface area contributed by atoms with Gasteiger partial charge in [-0.2, -0.15) is 5.26 Å². The van der Waals surface area contributed by atoms with Crippen molar-refractivity contribution in [2.24, 2.45) is 0 Å². The van der Waals surface area contributed by atoms with Gasteiger partial charge in [0.1, 0.15) is 12.6 Å². The van der Waals surface area contributed by atoms with Crippen molar-refractivity contribution in [1.82, 2.24) is 13.5 Å². The van der Waals surface area contributed by atoms with Gasteiger partial charge in [-0.3, -0.25) is 0 Å². The molecule has 5 rings (SSSR count). The van der Waals surface area contributed by atoms with Gasteiger partial charge in [0, 0.05) is 37.2 Å². The summed E-state index contributed by atoms with van der Waals surface area (Å²) in [5, 5.41) is 10.4. The first kappa shape index (κ1) is 29.3. The quantitative estimate of drug-likeness (QED) is 0.123. The maximum atomic E-state index is 13.7. The van der Waals surface area contributed by atoms with Crippen LogP contribution in [0, 0.1) is 25.2 Å². The number of nitriles is 1. The van der Waals surface area contributed by atoms with Crippen molar-refractivity contribution in [3.05, 3.63) is 93.3 Å². The van der Waals surface area contributed by atoms with Crippen molar-refractivity contribution in [2.45, 2.75) is 57.6 Å². The standard InChI is InChI=1S/C31H33BrN4O3SSi/c1-21-6-9-24(10-7-21)40(37,38)36-13-12-25-26(22(2)16-27(32)31(25)36)18-30-34-28-11-8-23(19-33)17-29(28)35(30)20-39-14-15-41(3,4)5/h6-13,16-17H,14-15,18,20H2,1-5H3. The maximum absolute atomic E-state index is 13.7. The lowest BCUT2D eigenvalue weighted by Crippen LogP contribution is -2.22. The minimum absolute atomic E-state index is 0.236. The lowest BCUT2D eigenvalue weighted by atomic mass is 10.0. The Labute approximate surface area is 250 Å². The highest BCUT2D eigenvalue weighted by atomic mass is 79.9. The van der Waals surface area contributed by atoms with E-state index in [4.69, 9.17) is 9.72 Å². The van der Waals surface area contributed by atoms with Crippen LogP contribution < -0.4 is 0 Å². The number of aryl methyl sites for hydroxylation is 2. The van der Waals surface area contributed by atoms with E-state index in [2.05, 4.69) is 41.6 Å². The first-order chi connectivity index (χ1) is 19.4. The Balaban J connectivity index is 1.59. The van der Waals surface area contributed by atoms with Crippen molar-refractivity contribution in [3.63, 3.8) is 0 Å². The number of hydrogen-bond acceptors (Lipinski definition) is 5. The molecule has 2 aromatic heterocycles. The van der Waals surface area contributed by atoms with Crippen molar-refractivity contribution in [3.8, 4) is 6.07 Å². The normalized spacial score (nSPS) is 12.3. The molecule has 212 valence electrons. The molecule has 0 fully saturated rings. The third-order valence-corrected chi connectivity index (χ3v) is 11.3. The molecule has 0 bridgehead atoms. The SMILES string of the molecule is Cc1ccc(S(=O)(=O)n2ccc3c(Cc4nc5ccc(C#N)cc5n4COCC[Si](C)(C)C)c(C)cc(Br)c32)cc1. The number of nitrogens with zero attached hydrogens (tertiary/aromatic N) is 4. The van der Waals surface area contributed by atoms with Gasteiger partial charge >= 0.3 is 0 Å². The maximum Gasteiger partial charge on any atom is 0.268 e. The van der Waals surface area contributed by atoms with Crippen LogP contribution in [0.4, 0.5) is 0 Å². The van der Waals surface area contributed by atoms with E-state index in [9.17, 15) is 13.7 Å². The second-order valence-corrected chi connectivity index (χ2v) is 19.9. The molecule has 0 atom stereocenters. The Morgan fingerprint density at radius 3 is 2.46 bits per heavy atom. The first-order valence-corrected chi connectivity index (χ1v) is 19.4. The smallest absolute Gasteiger partial charge is 0.268 e. The van der Waals surface area contributed by atoms with Crippen LogP contribution in [0.2, 0.25) is 25.7 Å².